The summed E-state index contributed by atoms with van der Waals surface area (Å²) in [5.74, 6) is -0.894. The van der Waals surface area contributed by atoms with Gasteiger partial charge in [0.25, 0.3) is 10.0 Å². The minimum absolute atomic E-state index is 0.0281. The second-order valence-corrected chi connectivity index (χ2v) is 13.1. The van der Waals surface area contributed by atoms with E-state index in [1.807, 2.05) is 44.2 Å². The van der Waals surface area contributed by atoms with E-state index in [0.29, 0.717) is 10.0 Å². The van der Waals surface area contributed by atoms with E-state index in [2.05, 4.69) is 5.32 Å². The van der Waals surface area contributed by atoms with Crippen molar-refractivity contribution < 1.29 is 18.0 Å². The van der Waals surface area contributed by atoms with Crippen molar-refractivity contribution in [1.82, 2.24) is 10.2 Å². The topological polar surface area (TPSA) is 86.8 Å². The lowest BCUT2D eigenvalue weighted by Gasteiger charge is -2.34. The lowest BCUT2D eigenvalue weighted by molar-refractivity contribution is -0.140. The zero-order valence-corrected chi connectivity index (χ0v) is 26.2. The number of carbonyl (C=O) groups is 2. The second-order valence-electron chi connectivity index (χ2n) is 10.3. The number of benzene rings is 4. The van der Waals surface area contributed by atoms with Crippen molar-refractivity contribution in [3.05, 3.63) is 130 Å². The first-order chi connectivity index (χ1) is 20.5. The van der Waals surface area contributed by atoms with E-state index < -0.39 is 28.5 Å². The Hall–Kier alpha value is -3.85. The van der Waals surface area contributed by atoms with Crippen LogP contribution in [-0.4, -0.2) is 43.8 Å². The monoisotopic (exact) mass is 637 g/mol. The average molecular weight is 639 g/mol. The quantitative estimate of drug-likeness (QED) is 0.196. The highest BCUT2D eigenvalue weighted by Gasteiger charge is 2.34. The molecule has 0 aliphatic heterocycles. The van der Waals surface area contributed by atoms with Gasteiger partial charge in [0, 0.05) is 29.1 Å². The van der Waals surface area contributed by atoms with Gasteiger partial charge in [0.2, 0.25) is 11.8 Å². The summed E-state index contributed by atoms with van der Waals surface area (Å²) in [6, 6.07) is 29.4. The highest BCUT2D eigenvalue weighted by Crippen LogP contribution is 2.26. The molecule has 0 spiro atoms. The van der Waals surface area contributed by atoms with Gasteiger partial charge in [0.15, 0.2) is 0 Å². The summed E-state index contributed by atoms with van der Waals surface area (Å²) in [6.07, 6.45) is 0.227. The van der Waals surface area contributed by atoms with Crippen molar-refractivity contribution in [3.8, 4) is 0 Å². The number of carbonyl (C=O) groups excluding carboxylic acids is 2. The molecule has 0 aliphatic rings. The smallest absolute Gasteiger partial charge is 0.264 e. The Balaban J connectivity index is 1.79. The average Bonchev–Trinajstić information content (AvgIpc) is 2.99. The number of sulfonamides is 1. The predicted octanol–water partition coefficient (Wildman–Crippen LogP) is 6.35. The van der Waals surface area contributed by atoms with Gasteiger partial charge in [-0.1, -0.05) is 83.9 Å². The van der Waals surface area contributed by atoms with E-state index in [1.54, 1.807) is 66.7 Å². The second kappa shape index (κ2) is 14.6. The maximum Gasteiger partial charge on any atom is 0.264 e. The van der Waals surface area contributed by atoms with Gasteiger partial charge in [-0.05, 0) is 73.5 Å². The molecule has 0 fully saturated rings. The molecular formula is C33H33Cl2N3O4S. The van der Waals surface area contributed by atoms with Gasteiger partial charge < -0.3 is 10.2 Å². The van der Waals surface area contributed by atoms with Crippen molar-refractivity contribution in [1.29, 1.82) is 0 Å². The van der Waals surface area contributed by atoms with Crippen molar-refractivity contribution in [2.24, 2.45) is 0 Å². The summed E-state index contributed by atoms with van der Waals surface area (Å²) in [6.45, 7) is 3.20. The molecule has 4 aromatic carbocycles. The van der Waals surface area contributed by atoms with Gasteiger partial charge in [-0.15, -0.1) is 0 Å². The van der Waals surface area contributed by atoms with Gasteiger partial charge in [0.05, 0.1) is 10.6 Å². The highest BCUT2D eigenvalue weighted by atomic mass is 35.5. The van der Waals surface area contributed by atoms with Crippen LogP contribution in [0.1, 0.15) is 25.0 Å². The van der Waals surface area contributed by atoms with Crippen LogP contribution in [0.3, 0.4) is 0 Å². The van der Waals surface area contributed by atoms with E-state index in [0.717, 1.165) is 15.4 Å². The number of hydrogen-bond acceptors (Lipinski definition) is 4. The Kier molecular flexibility index (Phi) is 10.9. The van der Waals surface area contributed by atoms with Gasteiger partial charge in [0.1, 0.15) is 12.6 Å². The molecule has 0 radical (unpaired) electrons. The zero-order valence-electron chi connectivity index (χ0n) is 23.9. The Morgan fingerprint density at radius 3 is 1.84 bits per heavy atom. The van der Waals surface area contributed by atoms with Crippen LogP contribution in [-0.2, 0) is 32.6 Å². The van der Waals surface area contributed by atoms with Gasteiger partial charge in [-0.25, -0.2) is 8.42 Å². The SMILES string of the molecule is CC(C)NC(=O)C(Cc1ccccc1)N(Cc1ccc(Cl)cc1)C(=O)CN(c1ccc(Cl)cc1)S(=O)(=O)c1ccccc1. The van der Waals surface area contributed by atoms with Crippen molar-refractivity contribution >= 4 is 50.7 Å². The molecule has 0 saturated heterocycles. The normalized spacial score (nSPS) is 12.0. The number of hydrogen-bond donors (Lipinski definition) is 1. The summed E-state index contributed by atoms with van der Waals surface area (Å²) in [5, 5.41) is 3.89. The summed E-state index contributed by atoms with van der Waals surface area (Å²) in [5.41, 5.74) is 1.85. The van der Waals surface area contributed by atoms with Crippen molar-refractivity contribution in [3.63, 3.8) is 0 Å². The van der Waals surface area contributed by atoms with Crippen LogP contribution < -0.4 is 9.62 Å². The zero-order chi connectivity index (χ0) is 31.0. The fourth-order valence-corrected chi connectivity index (χ4v) is 6.26. The number of anilines is 1. The van der Waals surface area contributed by atoms with Crippen LogP contribution in [0.5, 0.6) is 0 Å². The summed E-state index contributed by atoms with van der Waals surface area (Å²) in [4.78, 5) is 29.5. The number of nitrogens with one attached hydrogen (secondary N) is 1. The molecule has 43 heavy (non-hydrogen) atoms. The third kappa shape index (κ3) is 8.60. The van der Waals surface area contributed by atoms with E-state index in [4.69, 9.17) is 23.2 Å². The third-order valence-electron chi connectivity index (χ3n) is 6.69. The number of nitrogens with zero attached hydrogens (tertiary/aromatic N) is 2. The maximum atomic E-state index is 14.4. The Morgan fingerprint density at radius 1 is 0.744 bits per heavy atom. The molecule has 224 valence electrons. The van der Waals surface area contributed by atoms with E-state index in [-0.39, 0.29) is 35.5 Å². The Bertz CT molecular complexity index is 1620. The molecule has 7 nitrogen and oxygen atoms in total. The van der Waals surface area contributed by atoms with E-state index in [9.17, 15) is 18.0 Å². The molecule has 1 unspecified atom stereocenters. The van der Waals surface area contributed by atoms with Crippen molar-refractivity contribution in [2.75, 3.05) is 10.8 Å². The fraction of sp³-hybridized carbons (Fsp3) is 0.212. The van der Waals surface area contributed by atoms with Crippen LogP contribution >= 0.6 is 23.2 Å². The molecule has 0 saturated carbocycles. The van der Waals surface area contributed by atoms with Crippen LogP contribution in [0.15, 0.2) is 114 Å². The van der Waals surface area contributed by atoms with Crippen LogP contribution in [0.4, 0.5) is 5.69 Å². The molecule has 0 aliphatic carbocycles. The fourth-order valence-electron chi connectivity index (χ4n) is 4.58. The predicted molar refractivity (Wildman–Crippen MR) is 172 cm³/mol. The maximum absolute atomic E-state index is 14.4. The first-order valence-electron chi connectivity index (χ1n) is 13.8. The van der Waals surface area contributed by atoms with Crippen LogP contribution in [0, 0.1) is 0 Å². The van der Waals surface area contributed by atoms with Gasteiger partial charge >= 0.3 is 0 Å². The first kappa shape index (κ1) is 32.1. The molecule has 1 atom stereocenters. The Morgan fingerprint density at radius 2 is 1.28 bits per heavy atom. The molecule has 0 bridgehead atoms. The molecule has 0 aromatic heterocycles. The highest BCUT2D eigenvalue weighted by molar-refractivity contribution is 7.92. The summed E-state index contributed by atoms with van der Waals surface area (Å²) in [7, 11) is -4.17. The van der Waals surface area contributed by atoms with E-state index in [1.165, 1.54) is 17.0 Å². The third-order valence-corrected chi connectivity index (χ3v) is 8.98. The first-order valence-corrected chi connectivity index (χ1v) is 16.0. The van der Waals surface area contributed by atoms with Crippen LogP contribution in [0.2, 0.25) is 10.0 Å². The van der Waals surface area contributed by atoms with Gasteiger partial charge in [-0.2, -0.15) is 0 Å². The molecule has 1 N–H and O–H groups in total. The largest absolute Gasteiger partial charge is 0.352 e. The standard InChI is InChI=1S/C33H33Cl2N3O4S/c1-24(2)36-33(40)31(21-25-9-5-3-6-10-25)37(22-26-13-15-27(34)16-14-26)32(39)23-38(29-19-17-28(35)18-20-29)43(41,42)30-11-7-4-8-12-30/h3-20,24,31H,21-23H2,1-2H3,(H,36,40). The minimum atomic E-state index is -4.17. The molecule has 0 heterocycles. The van der Waals surface area contributed by atoms with E-state index >= 15 is 0 Å². The molecule has 2 amide bonds. The summed E-state index contributed by atoms with van der Waals surface area (Å²) >= 11 is 12.2. The number of amides is 2. The molecule has 4 rings (SSSR count). The van der Waals surface area contributed by atoms with Gasteiger partial charge in [-0.3, -0.25) is 13.9 Å². The van der Waals surface area contributed by atoms with Crippen molar-refractivity contribution in [2.45, 2.75) is 43.8 Å². The molecule has 4 aromatic rings. The summed E-state index contributed by atoms with van der Waals surface area (Å²) < 4.78 is 28.9. The molecular weight excluding hydrogens is 605 g/mol. The number of rotatable bonds is 12. The van der Waals surface area contributed by atoms with Crippen LogP contribution in [0.25, 0.3) is 0 Å². The minimum Gasteiger partial charge on any atom is -0.352 e. The molecule has 10 heteroatoms. The lowest BCUT2D eigenvalue weighted by Crippen LogP contribution is -2.54. The lowest BCUT2D eigenvalue weighted by atomic mass is 10.0. The Labute approximate surface area is 263 Å². The number of halogens is 2.